The summed E-state index contributed by atoms with van der Waals surface area (Å²) in [6.45, 7) is 11.4. The van der Waals surface area contributed by atoms with E-state index in [0.29, 0.717) is 11.5 Å². The number of hydrogen-bond donors (Lipinski definition) is 0. The van der Waals surface area contributed by atoms with Crippen LogP contribution in [0.25, 0.3) is 0 Å². The number of aliphatic imine (C=N–C) groups is 1. The Bertz CT molecular complexity index is 1400. The van der Waals surface area contributed by atoms with Gasteiger partial charge in [-0.15, -0.1) is 0 Å². The molecule has 1 heterocycles. The summed E-state index contributed by atoms with van der Waals surface area (Å²) >= 11 is 0. The van der Waals surface area contributed by atoms with Crippen LogP contribution in [0.2, 0.25) is 0 Å². The quantitative estimate of drug-likeness (QED) is 0.0919. The highest BCUT2D eigenvalue weighted by Crippen LogP contribution is 2.56. The van der Waals surface area contributed by atoms with Gasteiger partial charge in [0.05, 0.1) is 30.0 Å². The van der Waals surface area contributed by atoms with Crippen molar-refractivity contribution in [3.05, 3.63) is 64.5 Å². The number of benzene rings is 2. The van der Waals surface area contributed by atoms with Gasteiger partial charge in [0.15, 0.2) is 23.3 Å². The fourth-order valence-corrected chi connectivity index (χ4v) is 6.40. The summed E-state index contributed by atoms with van der Waals surface area (Å²) in [4.78, 5) is 4.53. The molecule has 1 atom stereocenters. The summed E-state index contributed by atoms with van der Waals surface area (Å²) in [7, 11) is -4.10. The van der Waals surface area contributed by atoms with Crippen molar-refractivity contribution in [3.63, 3.8) is 0 Å². The van der Waals surface area contributed by atoms with Crippen LogP contribution in [-0.2, 0) is 41.9 Å². The van der Waals surface area contributed by atoms with Crippen LogP contribution in [0.4, 0.5) is 26.3 Å². The van der Waals surface area contributed by atoms with Gasteiger partial charge < -0.3 is 9.47 Å². The molecule has 0 amide bonds. The highest BCUT2D eigenvalue weighted by atomic mass is 31.2. The number of rotatable bonds is 13. The molecule has 0 N–H and O–H groups in total. The van der Waals surface area contributed by atoms with Crippen LogP contribution in [0.3, 0.4) is 0 Å². The maximum Gasteiger partial charge on any atom is 0.475 e. The summed E-state index contributed by atoms with van der Waals surface area (Å²) in [5.41, 5.74) is -3.59. The molecule has 1 unspecified atom stereocenters. The highest BCUT2D eigenvalue weighted by Gasteiger charge is 2.43. The van der Waals surface area contributed by atoms with Gasteiger partial charge in [-0.25, -0.2) is 22.7 Å². The Labute approximate surface area is 259 Å². The predicted octanol–water partition coefficient (Wildman–Crippen LogP) is 9.01. The van der Waals surface area contributed by atoms with Crippen LogP contribution < -0.4 is 4.74 Å². The first kappa shape index (κ1) is 36.9. The lowest BCUT2D eigenvalue weighted by atomic mass is 9.93. The van der Waals surface area contributed by atoms with E-state index in [0.717, 1.165) is 18.2 Å². The normalized spacial score (nSPS) is 17.8. The summed E-state index contributed by atoms with van der Waals surface area (Å²) in [6.07, 6.45) is -4.43. The Kier molecular flexibility index (Phi) is 11.5. The van der Waals surface area contributed by atoms with E-state index in [9.17, 15) is 30.9 Å². The van der Waals surface area contributed by atoms with E-state index in [2.05, 4.69) is 4.99 Å². The first-order valence-electron chi connectivity index (χ1n) is 14.4. The van der Waals surface area contributed by atoms with Crippen molar-refractivity contribution < 1.29 is 54.0 Å². The van der Waals surface area contributed by atoms with E-state index in [1.807, 2.05) is 0 Å². The molecule has 0 saturated heterocycles. The first-order chi connectivity index (χ1) is 20.6. The smallest absolute Gasteiger partial charge is 0.475 e. The Hall–Kier alpha value is -2.60. The molecule has 2 aromatic rings. The average Bonchev–Trinajstić information content (AvgIpc) is 3.27. The fourth-order valence-electron chi connectivity index (χ4n) is 4.51. The van der Waals surface area contributed by atoms with E-state index >= 15 is 0 Å². The molecule has 1 aliphatic heterocycles. The second-order valence-electron chi connectivity index (χ2n) is 12.9. The zero-order valence-electron chi connectivity index (χ0n) is 26.4. The minimum atomic E-state index is -4.75. The number of phosphoric acid groups is 1. The van der Waals surface area contributed by atoms with Gasteiger partial charge in [-0.2, -0.15) is 13.2 Å². The van der Waals surface area contributed by atoms with Gasteiger partial charge in [0.1, 0.15) is 17.9 Å². The topological polar surface area (TPSA) is 75.6 Å². The molecule has 0 radical (unpaired) electrons. The third-order valence-corrected chi connectivity index (χ3v) is 8.39. The minimum Gasteiger partial charge on any atom is -0.493 e. The van der Waals surface area contributed by atoms with Gasteiger partial charge in [0.25, 0.3) is 0 Å². The molecular weight excluding hydrogens is 627 g/mol. The van der Waals surface area contributed by atoms with E-state index in [-0.39, 0.29) is 51.1 Å². The van der Waals surface area contributed by atoms with Crippen LogP contribution in [0.1, 0.15) is 78.0 Å². The molecule has 3 rings (SSSR count). The third kappa shape index (κ3) is 11.0. The largest absolute Gasteiger partial charge is 0.493 e. The van der Waals surface area contributed by atoms with Crippen molar-refractivity contribution in [2.24, 2.45) is 4.99 Å². The predicted molar refractivity (Wildman–Crippen MR) is 157 cm³/mol. The van der Waals surface area contributed by atoms with E-state index in [1.54, 1.807) is 48.5 Å². The molecule has 252 valence electrons. The van der Waals surface area contributed by atoms with Crippen molar-refractivity contribution in [2.75, 3.05) is 19.8 Å². The lowest BCUT2D eigenvalue weighted by Crippen LogP contribution is -2.36. The molecule has 45 heavy (non-hydrogen) atoms. The number of nitrogens with zero attached hydrogens (tertiary/aromatic N) is 1. The number of phosphoric ester groups is 1. The van der Waals surface area contributed by atoms with Crippen molar-refractivity contribution in [1.82, 2.24) is 0 Å². The van der Waals surface area contributed by atoms with Crippen molar-refractivity contribution in [1.29, 1.82) is 0 Å². The van der Waals surface area contributed by atoms with E-state index < -0.39 is 59.5 Å². The van der Waals surface area contributed by atoms with Crippen LogP contribution >= 0.6 is 7.82 Å². The molecule has 0 aromatic heterocycles. The fraction of sp³-hybridized carbons (Fsp3) is 0.581. The molecular formula is C31H40F6NO6P. The van der Waals surface area contributed by atoms with Gasteiger partial charge in [-0.3, -0.25) is 13.6 Å². The second-order valence-corrected chi connectivity index (χ2v) is 14.4. The van der Waals surface area contributed by atoms with E-state index in [1.165, 1.54) is 12.1 Å². The highest BCUT2D eigenvalue weighted by molar-refractivity contribution is 7.48. The average molecular weight is 668 g/mol. The van der Waals surface area contributed by atoms with Gasteiger partial charge in [0.2, 0.25) is 0 Å². The standard InChI is InChI=1S/C31H40F6NO6P/c1-20-38-30(18-41-20,19-42-45(39,43-28(2,3)4)44-29(5,6)7)15-14-21-10-13-25(23(17-21)31(35,36)37)40-16-8-9-22-11-12-24(32)27(34)26(22)33/h10-13,17H,8-9,14-16,18-19H2,1-7H3. The van der Waals surface area contributed by atoms with Crippen molar-refractivity contribution in [2.45, 2.75) is 97.1 Å². The molecule has 0 bridgehead atoms. The lowest BCUT2D eigenvalue weighted by molar-refractivity contribution is -0.139. The number of aryl methyl sites for hydroxylation is 2. The molecule has 7 nitrogen and oxygen atoms in total. The van der Waals surface area contributed by atoms with Gasteiger partial charge in [-0.05, 0) is 96.6 Å². The van der Waals surface area contributed by atoms with Crippen LogP contribution in [0.15, 0.2) is 35.3 Å². The molecule has 0 aliphatic carbocycles. The summed E-state index contributed by atoms with van der Waals surface area (Å²) < 4.78 is 124. The SMILES string of the molecule is CC1=NC(CCc2ccc(OCCCc3ccc(F)c(F)c3F)c(C(F)(F)F)c2)(COP(=O)(OC(C)(C)C)OC(C)(C)C)CO1. The van der Waals surface area contributed by atoms with Gasteiger partial charge >= 0.3 is 14.0 Å². The number of ether oxygens (including phenoxy) is 2. The van der Waals surface area contributed by atoms with E-state index in [4.69, 9.17) is 23.0 Å². The Balaban J connectivity index is 1.72. The third-order valence-electron chi connectivity index (χ3n) is 6.40. The summed E-state index contributed by atoms with van der Waals surface area (Å²) in [5.74, 6) is -4.34. The first-order valence-corrected chi connectivity index (χ1v) is 15.9. The van der Waals surface area contributed by atoms with Gasteiger partial charge in [-0.1, -0.05) is 12.1 Å². The number of halogens is 6. The number of hydrogen-bond acceptors (Lipinski definition) is 7. The lowest BCUT2D eigenvalue weighted by Gasteiger charge is -2.33. The monoisotopic (exact) mass is 667 g/mol. The molecule has 14 heteroatoms. The van der Waals surface area contributed by atoms with Crippen molar-refractivity contribution >= 4 is 13.7 Å². The number of alkyl halides is 3. The zero-order chi connectivity index (χ0) is 33.8. The van der Waals surface area contributed by atoms with Crippen LogP contribution in [-0.4, -0.2) is 42.5 Å². The summed E-state index contributed by atoms with van der Waals surface area (Å²) in [5, 5.41) is 0. The second kappa shape index (κ2) is 14.0. The van der Waals surface area contributed by atoms with Crippen molar-refractivity contribution in [3.8, 4) is 5.75 Å². The van der Waals surface area contributed by atoms with Crippen LogP contribution in [0.5, 0.6) is 5.75 Å². The molecule has 2 aromatic carbocycles. The Morgan fingerprint density at radius 1 is 0.933 bits per heavy atom. The maximum absolute atomic E-state index is 14.0. The molecule has 0 saturated carbocycles. The molecule has 0 fully saturated rings. The Morgan fingerprint density at radius 3 is 2.13 bits per heavy atom. The zero-order valence-corrected chi connectivity index (χ0v) is 27.3. The maximum atomic E-state index is 14.0. The molecule has 1 aliphatic rings. The summed E-state index contributed by atoms with van der Waals surface area (Å²) in [6, 6.07) is 5.52. The molecule has 0 spiro atoms. The van der Waals surface area contributed by atoms with Gasteiger partial charge in [0, 0.05) is 6.92 Å². The minimum absolute atomic E-state index is 0.0513. The van der Waals surface area contributed by atoms with Crippen LogP contribution in [0, 0.1) is 17.5 Å². The Morgan fingerprint density at radius 2 is 1.58 bits per heavy atom.